The summed E-state index contributed by atoms with van der Waals surface area (Å²) in [4.78, 5) is 16.5. The molecule has 1 saturated heterocycles. The number of nitrogens with zero attached hydrogens (tertiary/aromatic N) is 3. The summed E-state index contributed by atoms with van der Waals surface area (Å²) in [7, 11) is -1.53. The van der Waals surface area contributed by atoms with Crippen molar-refractivity contribution in [3.63, 3.8) is 0 Å². The number of carbonyl (C=O) groups is 1. The third-order valence-electron chi connectivity index (χ3n) is 4.42. The topological polar surface area (TPSA) is 60.9 Å². The van der Waals surface area contributed by atoms with Crippen LogP contribution in [0.1, 0.15) is 16.7 Å². The molecule has 134 valence electrons. The molecule has 1 aromatic carbocycles. The number of likely N-dealkylation sites (N-methyl/N-ethyl adjacent to an activating group) is 1. The summed E-state index contributed by atoms with van der Waals surface area (Å²) < 4.78 is 25.9. The molecule has 1 fully saturated rings. The van der Waals surface area contributed by atoms with E-state index in [0.717, 1.165) is 36.0 Å². The van der Waals surface area contributed by atoms with Crippen molar-refractivity contribution in [2.24, 2.45) is 0 Å². The van der Waals surface area contributed by atoms with E-state index in [4.69, 9.17) is 0 Å². The van der Waals surface area contributed by atoms with Gasteiger partial charge in [0, 0.05) is 26.2 Å². The Bertz CT molecular complexity index is 700. The van der Waals surface area contributed by atoms with Crippen LogP contribution >= 0.6 is 0 Å². The summed E-state index contributed by atoms with van der Waals surface area (Å²) >= 11 is 0. The molecular formula is C17H27N3O3S. The van der Waals surface area contributed by atoms with Crippen LogP contribution in [0.15, 0.2) is 12.1 Å². The third-order valence-corrected chi connectivity index (χ3v) is 5.53. The molecule has 24 heavy (non-hydrogen) atoms. The highest BCUT2D eigenvalue weighted by molar-refractivity contribution is 7.92. The van der Waals surface area contributed by atoms with Gasteiger partial charge in [-0.1, -0.05) is 17.7 Å². The van der Waals surface area contributed by atoms with Crippen molar-refractivity contribution >= 4 is 21.6 Å². The first-order valence-electron chi connectivity index (χ1n) is 8.11. The maximum absolute atomic E-state index is 12.6. The molecule has 1 aliphatic heterocycles. The van der Waals surface area contributed by atoms with Crippen LogP contribution in [0, 0.1) is 20.8 Å². The summed E-state index contributed by atoms with van der Waals surface area (Å²) in [5.74, 6) is -0.145. The molecule has 1 aliphatic rings. The van der Waals surface area contributed by atoms with Crippen molar-refractivity contribution in [3.8, 4) is 0 Å². The lowest BCUT2D eigenvalue weighted by Gasteiger charge is -2.34. The Kier molecular flexibility index (Phi) is 5.55. The Morgan fingerprint density at radius 3 is 2.04 bits per heavy atom. The number of aryl methyl sites for hydroxylation is 3. The number of hydrogen-bond acceptors (Lipinski definition) is 4. The molecule has 0 aliphatic carbocycles. The zero-order valence-electron chi connectivity index (χ0n) is 15.2. The normalized spacial score (nSPS) is 16.3. The minimum Gasteiger partial charge on any atom is -0.339 e. The Morgan fingerprint density at radius 2 is 1.58 bits per heavy atom. The highest BCUT2D eigenvalue weighted by Crippen LogP contribution is 2.28. The van der Waals surface area contributed by atoms with Crippen LogP contribution in [0.3, 0.4) is 0 Å². The van der Waals surface area contributed by atoms with Gasteiger partial charge in [0.25, 0.3) is 0 Å². The average molecular weight is 353 g/mol. The maximum atomic E-state index is 12.6. The number of anilines is 1. The van der Waals surface area contributed by atoms with E-state index in [2.05, 4.69) is 4.90 Å². The van der Waals surface area contributed by atoms with E-state index < -0.39 is 10.0 Å². The van der Waals surface area contributed by atoms with E-state index in [1.165, 1.54) is 4.31 Å². The Labute approximate surface area is 145 Å². The van der Waals surface area contributed by atoms with Gasteiger partial charge in [-0.3, -0.25) is 9.10 Å². The number of benzene rings is 1. The van der Waals surface area contributed by atoms with Crippen molar-refractivity contribution in [2.75, 3.05) is 50.3 Å². The number of carbonyl (C=O) groups excluding carboxylic acids is 1. The molecule has 1 amide bonds. The predicted molar refractivity (Wildman–Crippen MR) is 96.9 cm³/mol. The third kappa shape index (κ3) is 4.27. The Hall–Kier alpha value is -1.60. The lowest BCUT2D eigenvalue weighted by molar-refractivity contribution is -0.131. The van der Waals surface area contributed by atoms with Gasteiger partial charge in [0.15, 0.2) is 0 Å². The lowest BCUT2D eigenvalue weighted by atomic mass is 10.1. The highest BCUT2D eigenvalue weighted by Gasteiger charge is 2.27. The van der Waals surface area contributed by atoms with Gasteiger partial charge in [-0.2, -0.15) is 0 Å². The SMILES string of the molecule is Cc1cc(C)c(N(CC(=O)N2CCN(C)CC2)S(C)(=O)=O)c(C)c1. The summed E-state index contributed by atoms with van der Waals surface area (Å²) in [5, 5.41) is 0. The van der Waals surface area contributed by atoms with E-state index in [1.807, 2.05) is 40.0 Å². The highest BCUT2D eigenvalue weighted by atomic mass is 32.2. The first-order chi connectivity index (χ1) is 11.1. The minimum atomic E-state index is -3.54. The smallest absolute Gasteiger partial charge is 0.243 e. The van der Waals surface area contributed by atoms with Crippen molar-refractivity contribution in [3.05, 3.63) is 28.8 Å². The van der Waals surface area contributed by atoms with E-state index in [-0.39, 0.29) is 12.5 Å². The lowest BCUT2D eigenvalue weighted by Crippen LogP contribution is -2.51. The van der Waals surface area contributed by atoms with E-state index >= 15 is 0 Å². The van der Waals surface area contributed by atoms with E-state index in [9.17, 15) is 13.2 Å². The molecular weight excluding hydrogens is 326 g/mol. The van der Waals surface area contributed by atoms with Gasteiger partial charge < -0.3 is 9.80 Å². The zero-order chi connectivity index (χ0) is 18.1. The summed E-state index contributed by atoms with van der Waals surface area (Å²) in [6, 6.07) is 3.89. The number of hydrogen-bond donors (Lipinski definition) is 0. The molecule has 0 bridgehead atoms. The van der Waals surface area contributed by atoms with Crippen LogP contribution in [0.25, 0.3) is 0 Å². The average Bonchev–Trinajstić information content (AvgIpc) is 2.44. The Balaban J connectivity index is 2.30. The molecule has 1 heterocycles. The van der Waals surface area contributed by atoms with Gasteiger partial charge in [0.05, 0.1) is 11.9 Å². The van der Waals surface area contributed by atoms with Gasteiger partial charge >= 0.3 is 0 Å². The monoisotopic (exact) mass is 353 g/mol. The van der Waals surface area contributed by atoms with Gasteiger partial charge in [-0.15, -0.1) is 0 Å². The summed E-state index contributed by atoms with van der Waals surface area (Å²) in [6.07, 6.45) is 1.16. The molecule has 2 rings (SSSR count). The molecule has 0 N–H and O–H groups in total. The van der Waals surface area contributed by atoms with Crippen molar-refractivity contribution in [1.29, 1.82) is 0 Å². The predicted octanol–water partition coefficient (Wildman–Crippen LogP) is 1.15. The van der Waals surface area contributed by atoms with E-state index in [0.29, 0.717) is 18.8 Å². The van der Waals surface area contributed by atoms with Gasteiger partial charge in [0.2, 0.25) is 15.9 Å². The van der Waals surface area contributed by atoms with Crippen molar-refractivity contribution in [2.45, 2.75) is 20.8 Å². The molecule has 6 nitrogen and oxygen atoms in total. The van der Waals surface area contributed by atoms with Crippen LogP contribution < -0.4 is 4.31 Å². The molecule has 7 heteroatoms. The largest absolute Gasteiger partial charge is 0.339 e. The number of piperazine rings is 1. The molecule has 0 unspecified atom stereocenters. The standard InChI is InChI=1S/C17H27N3O3S/c1-13-10-14(2)17(15(3)11-13)20(24(5,22)23)12-16(21)19-8-6-18(4)7-9-19/h10-11H,6-9,12H2,1-5H3. The summed E-state index contributed by atoms with van der Waals surface area (Å²) in [6.45, 7) is 8.50. The summed E-state index contributed by atoms with van der Waals surface area (Å²) in [5.41, 5.74) is 3.42. The number of rotatable bonds is 4. The number of sulfonamides is 1. The second-order valence-electron chi connectivity index (χ2n) is 6.70. The van der Waals surface area contributed by atoms with Crippen molar-refractivity contribution < 1.29 is 13.2 Å². The van der Waals surface area contributed by atoms with Crippen LogP contribution in [0.2, 0.25) is 0 Å². The zero-order valence-corrected chi connectivity index (χ0v) is 16.0. The van der Waals surface area contributed by atoms with Crippen LogP contribution in [-0.2, 0) is 14.8 Å². The van der Waals surface area contributed by atoms with Crippen LogP contribution in [0.5, 0.6) is 0 Å². The minimum absolute atomic E-state index is 0.145. The molecule has 0 aromatic heterocycles. The molecule has 0 saturated carbocycles. The first-order valence-corrected chi connectivity index (χ1v) is 9.96. The van der Waals surface area contributed by atoms with Gasteiger partial charge in [0.1, 0.15) is 6.54 Å². The second kappa shape index (κ2) is 7.11. The second-order valence-corrected chi connectivity index (χ2v) is 8.61. The van der Waals surface area contributed by atoms with Crippen LogP contribution in [0.4, 0.5) is 5.69 Å². The molecule has 0 spiro atoms. The fourth-order valence-electron chi connectivity index (χ4n) is 3.21. The van der Waals surface area contributed by atoms with Gasteiger partial charge in [-0.05, 0) is 38.9 Å². The van der Waals surface area contributed by atoms with E-state index in [1.54, 1.807) is 4.90 Å². The Morgan fingerprint density at radius 1 is 1.08 bits per heavy atom. The fraction of sp³-hybridized carbons (Fsp3) is 0.588. The van der Waals surface area contributed by atoms with Gasteiger partial charge in [-0.25, -0.2) is 8.42 Å². The first kappa shape index (κ1) is 18.7. The molecule has 0 atom stereocenters. The molecule has 1 aromatic rings. The molecule has 0 radical (unpaired) electrons. The fourth-order valence-corrected chi connectivity index (χ4v) is 4.17. The quantitative estimate of drug-likeness (QED) is 0.815. The number of amides is 1. The van der Waals surface area contributed by atoms with Crippen molar-refractivity contribution in [1.82, 2.24) is 9.80 Å². The van der Waals surface area contributed by atoms with Crippen LogP contribution in [-0.4, -0.2) is 70.2 Å². The maximum Gasteiger partial charge on any atom is 0.243 e.